The molecule has 0 bridgehead atoms. The predicted molar refractivity (Wildman–Crippen MR) is 106 cm³/mol. The van der Waals surface area contributed by atoms with Crippen molar-refractivity contribution in [1.82, 2.24) is 9.88 Å². The summed E-state index contributed by atoms with van der Waals surface area (Å²) in [6.45, 7) is 2.25. The van der Waals surface area contributed by atoms with E-state index in [1.54, 1.807) is 36.3 Å². The lowest BCUT2D eigenvalue weighted by Crippen LogP contribution is -2.33. The van der Waals surface area contributed by atoms with E-state index in [9.17, 15) is 9.90 Å². The normalized spacial score (nSPS) is 10.8. The molecule has 5 nitrogen and oxygen atoms in total. The van der Waals surface area contributed by atoms with E-state index in [1.165, 1.54) is 0 Å². The Balaban J connectivity index is 2.03. The summed E-state index contributed by atoms with van der Waals surface area (Å²) in [4.78, 5) is 19.4. The molecule has 1 amide bonds. The Bertz CT molecular complexity index is 975. The second-order valence-corrected chi connectivity index (χ2v) is 6.67. The minimum absolute atomic E-state index is 0.135. The molecule has 0 fully saturated rings. The van der Waals surface area contributed by atoms with Gasteiger partial charge < -0.3 is 14.7 Å². The Kier molecular flexibility index (Phi) is 5.94. The summed E-state index contributed by atoms with van der Waals surface area (Å²) in [5, 5.41) is 10.7. The monoisotopic (exact) mass is 384 g/mol. The van der Waals surface area contributed by atoms with E-state index in [2.05, 4.69) is 4.98 Å². The van der Waals surface area contributed by atoms with Crippen LogP contribution >= 0.6 is 11.6 Å². The number of carbonyl (C=O) groups excluding carboxylic acids is 1. The van der Waals surface area contributed by atoms with Crippen LogP contribution in [0.15, 0.2) is 48.5 Å². The molecule has 1 aromatic heterocycles. The molecule has 0 atom stereocenters. The number of rotatable bonds is 6. The quantitative estimate of drug-likeness (QED) is 0.701. The SMILES string of the molecule is COc1ccccc1CN(CCO)C(=O)c1cc(C)nc2ccc(Cl)cc12. The number of hydrogen-bond donors (Lipinski definition) is 1. The molecule has 0 saturated heterocycles. The summed E-state index contributed by atoms with van der Waals surface area (Å²) in [6, 6.07) is 14.6. The number of aromatic nitrogens is 1. The van der Waals surface area contributed by atoms with Gasteiger partial charge in [0.1, 0.15) is 5.75 Å². The van der Waals surface area contributed by atoms with Crippen LogP contribution in [0.2, 0.25) is 5.02 Å². The first-order valence-electron chi connectivity index (χ1n) is 8.62. The highest BCUT2D eigenvalue weighted by molar-refractivity contribution is 6.31. The van der Waals surface area contributed by atoms with E-state index in [0.29, 0.717) is 33.8 Å². The molecule has 0 radical (unpaired) electrons. The van der Waals surface area contributed by atoms with Crippen molar-refractivity contribution < 1.29 is 14.6 Å². The molecule has 3 rings (SSSR count). The van der Waals surface area contributed by atoms with Crippen LogP contribution in [-0.4, -0.2) is 41.2 Å². The number of halogens is 1. The third-order valence-corrected chi connectivity index (χ3v) is 4.58. The first-order chi connectivity index (χ1) is 13.0. The molecule has 0 saturated carbocycles. The number of ether oxygens (including phenoxy) is 1. The third kappa shape index (κ3) is 4.21. The maximum atomic E-state index is 13.3. The molecule has 2 aromatic carbocycles. The lowest BCUT2D eigenvalue weighted by atomic mass is 10.1. The second-order valence-electron chi connectivity index (χ2n) is 6.23. The lowest BCUT2D eigenvalue weighted by molar-refractivity contribution is 0.0708. The van der Waals surface area contributed by atoms with Gasteiger partial charge in [-0.1, -0.05) is 29.8 Å². The number of amides is 1. The largest absolute Gasteiger partial charge is 0.496 e. The number of fused-ring (bicyclic) bond motifs is 1. The summed E-state index contributed by atoms with van der Waals surface area (Å²) in [7, 11) is 1.60. The molecule has 0 aliphatic heterocycles. The molecule has 0 unspecified atom stereocenters. The average molecular weight is 385 g/mol. The van der Waals surface area contributed by atoms with Gasteiger partial charge in [0.15, 0.2) is 0 Å². The van der Waals surface area contributed by atoms with Crippen molar-refractivity contribution in [3.63, 3.8) is 0 Å². The number of nitrogens with zero attached hydrogens (tertiary/aromatic N) is 2. The van der Waals surface area contributed by atoms with Crippen LogP contribution in [-0.2, 0) is 6.54 Å². The summed E-state index contributed by atoms with van der Waals surface area (Å²) >= 11 is 6.14. The Morgan fingerprint density at radius 2 is 2.00 bits per heavy atom. The van der Waals surface area contributed by atoms with E-state index < -0.39 is 0 Å². The molecule has 6 heteroatoms. The van der Waals surface area contributed by atoms with Gasteiger partial charge in [0, 0.05) is 34.8 Å². The number of para-hydroxylation sites is 1. The molecular weight excluding hydrogens is 364 g/mol. The molecule has 27 heavy (non-hydrogen) atoms. The molecule has 0 aliphatic rings. The van der Waals surface area contributed by atoms with Gasteiger partial charge in [-0.2, -0.15) is 0 Å². The van der Waals surface area contributed by atoms with Gasteiger partial charge in [-0.15, -0.1) is 0 Å². The number of benzene rings is 2. The van der Waals surface area contributed by atoms with E-state index in [1.807, 2.05) is 31.2 Å². The van der Waals surface area contributed by atoms with Crippen molar-refractivity contribution in [2.75, 3.05) is 20.3 Å². The van der Waals surface area contributed by atoms with Gasteiger partial charge in [-0.25, -0.2) is 0 Å². The number of carbonyl (C=O) groups is 1. The van der Waals surface area contributed by atoms with Crippen molar-refractivity contribution in [3.8, 4) is 5.75 Å². The highest BCUT2D eigenvalue weighted by Gasteiger charge is 2.20. The molecule has 3 aromatic rings. The van der Waals surface area contributed by atoms with Gasteiger partial charge in [0.25, 0.3) is 5.91 Å². The van der Waals surface area contributed by atoms with Crippen LogP contribution in [0.25, 0.3) is 10.9 Å². The van der Waals surface area contributed by atoms with Gasteiger partial charge in [-0.05, 0) is 37.3 Å². The summed E-state index contributed by atoms with van der Waals surface area (Å²) in [5.74, 6) is 0.514. The Morgan fingerprint density at radius 1 is 1.22 bits per heavy atom. The molecule has 1 heterocycles. The van der Waals surface area contributed by atoms with Crippen molar-refractivity contribution in [2.45, 2.75) is 13.5 Å². The molecular formula is C21H21ClN2O3. The predicted octanol–water partition coefficient (Wildman–Crippen LogP) is 3.84. The minimum Gasteiger partial charge on any atom is -0.496 e. The number of aryl methyl sites for hydroxylation is 1. The van der Waals surface area contributed by atoms with Crippen LogP contribution in [0, 0.1) is 6.92 Å². The number of hydrogen-bond acceptors (Lipinski definition) is 4. The maximum absolute atomic E-state index is 13.3. The minimum atomic E-state index is -0.187. The topological polar surface area (TPSA) is 62.7 Å². The zero-order valence-electron chi connectivity index (χ0n) is 15.3. The highest BCUT2D eigenvalue weighted by Crippen LogP contribution is 2.25. The lowest BCUT2D eigenvalue weighted by Gasteiger charge is -2.24. The Morgan fingerprint density at radius 3 is 2.74 bits per heavy atom. The first kappa shape index (κ1) is 19.1. The van der Waals surface area contributed by atoms with Gasteiger partial charge in [0.05, 0.1) is 24.8 Å². The van der Waals surface area contributed by atoms with Crippen LogP contribution in [0.4, 0.5) is 0 Å². The van der Waals surface area contributed by atoms with Crippen molar-refractivity contribution in [1.29, 1.82) is 0 Å². The van der Waals surface area contributed by atoms with E-state index >= 15 is 0 Å². The summed E-state index contributed by atoms with van der Waals surface area (Å²) in [6.07, 6.45) is 0. The van der Waals surface area contributed by atoms with Crippen LogP contribution in [0.1, 0.15) is 21.6 Å². The Hall–Kier alpha value is -2.63. The summed E-state index contributed by atoms with van der Waals surface area (Å²) in [5.41, 5.74) is 2.84. The zero-order valence-corrected chi connectivity index (χ0v) is 16.0. The van der Waals surface area contributed by atoms with Crippen molar-refractivity contribution in [3.05, 3.63) is 70.4 Å². The van der Waals surface area contributed by atoms with E-state index in [4.69, 9.17) is 16.3 Å². The number of aliphatic hydroxyl groups is 1. The Labute approximate surface area is 163 Å². The molecule has 0 spiro atoms. The third-order valence-electron chi connectivity index (χ3n) is 4.34. The van der Waals surface area contributed by atoms with Crippen LogP contribution in [0.3, 0.4) is 0 Å². The fraction of sp³-hybridized carbons (Fsp3) is 0.238. The van der Waals surface area contributed by atoms with E-state index in [0.717, 1.165) is 11.3 Å². The van der Waals surface area contributed by atoms with Crippen molar-refractivity contribution >= 4 is 28.4 Å². The molecule has 1 N–H and O–H groups in total. The highest BCUT2D eigenvalue weighted by atomic mass is 35.5. The number of pyridine rings is 1. The van der Waals surface area contributed by atoms with Crippen LogP contribution < -0.4 is 4.74 Å². The molecule has 140 valence electrons. The van der Waals surface area contributed by atoms with Gasteiger partial charge in [-0.3, -0.25) is 9.78 Å². The second kappa shape index (κ2) is 8.37. The zero-order chi connectivity index (χ0) is 19.4. The fourth-order valence-corrected chi connectivity index (χ4v) is 3.26. The van der Waals surface area contributed by atoms with Crippen molar-refractivity contribution in [2.24, 2.45) is 0 Å². The van der Waals surface area contributed by atoms with Gasteiger partial charge in [0.2, 0.25) is 0 Å². The van der Waals surface area contributed by atoms with Gasteiger partial charge >= 0.3 is 0 Å². The smallest absolute Gasteiger partial charge is 0.254 e. The summed E-state index contributed by atoms with van der Waals surface area (Å²) < 4.78 is 5.39. The first-order valence-corrected chi connectivity index (χ1v) is 9.00. The average Bonchev–Trinajstić information content (AvgIpc) is 2.67. The molecule has 0 aliphatic carbocycles. The fourth-order valence-electron chi connectivity index (χ4n) is 3.09. The van der Waals surface area contributed by atoms with E-state index in [-0.39, 0.29) is 19.1 Å². The standard InChI is InChI=1S/C21H21ClN2O3/c1-14-11-18(17-12-16(22)7-8-19(17)23-14)21(26)24(9-10-25)13-15-5-3-4-6-20(15)27-2/h3-8,11-12,25H,9-10,13H2,1-2H3. The maximum Gasteiger partial charge on any atom is 0.254 e. The number of aliphatic hydroxyl groups excluding tert-OH is 1. The van der Waals surface area contributed by atoms with Crippen LogP contribution in [0.5, 0.6) is 5.75 Å². The number of methoxy groups -OCH3 is 1.